The van der Waals surface area contributed by atoms with Crippen molar-refractivity contribution >= 4 is 5.82 Å². The first-order chi connectivity index (χ1) is 10.3. The van der Waals surface area contributed by atoms with E-state index >= 15 is 0 Å². The number of piperazine rings is 1. The lowest BCUT2D eigenvalue weighted by Gasteiger charge is -2.39. The smallest absolute Gasteiger partial charge is 0.218 e. The summed E-state index contributed by atoms with van der Waals surface area (Å²) < 4.78 is 5.44. The summed E-state index contributed by atoms with van der Waals surface area (Å²) in [5.74, 6) is 1.61. The van der Waals surface area contributed by atoms with Gasteiger partial charge in [0.1, 0.15) is 12.1 Å². The third kappa shape index (κ3) is 4.28. The van der Waals surface area contributed by atoms with Gasteiger partial charge in [0.05, 0.1) is 6.61 Å². The van der Waals surface area contributed by atoms with E-state index in [1.165, 1.54) is 6.42 Å². The summed E-state index contributed by atoms with van der Waals surface area (Å²) in [7, 11) is 0. The first-order valence-corrected chi connectivity index (χ1v) is 7.92. The number of nitrogens with two attached hydrogens (primary N) is 1. The van der Waals surface area contributed by atoms with E-state index in [0.717, 1.165) is 45.0 Å². The van der Waals surface area contributed by atoms with E-state index in [0.29, 0.717) is 18.5 Å². The van der Waals surface area contributed by atoms with E-state index in [1.54, 1.807) is 6.33 Å². The van der Waals surface area contributed by atoms with Gasteiger partial charge in [0.2, 0.25) is 5.88 Å². The normalized spacial score (nSPS) is 17.8. The van der Waals surface area contributed by atoms with Crippen LogP contribution in [0.3, 0.4) is 0 Å². The number of rotatable bonds is 7. The van der Waals surface area contributed by atoms with Crippen molar-refractivity contribution in [1.82, 2.24) is 14.9 Å². The molecule has 0 spiro atoms. The maximum atomic E-state index is 5.71. The number of nitrogens with zero attached hydrogens (tertiary/aromatic N) is 4. The van der Waals surface area contributed by atoms with Crippen molar-refractivity contribution in [1.29, 1.82) is 0 Å². The van der Waals surface area contributed by atoms with Crippen LogP contribution < -0.4 is 15.4 Å². The van der Waals surface area contributed by atoms with E-state index in [4.69, 9.17) is 10.5 Å². The van der Waals surface area contributed by atoms with Crippen molar-refractivity contribution in [2.24, 2.45) is 5.73 Å². The molecular formula is C15H27N5O. The quantitative estimate of drug-likeness (QED) is 0.813. The Morgan fingerprint density at radius 2 is 2.00 bits per heavy atom. The number of hydrogen-bond donors (Lipinski definition) is 1. The van der Waals surface area contributed by atoms with Gasteiger partial charge in [-0.3, -0.25) is 4.90 Å². The van der Waals surface area contributed by atoms with Gasteiger partial charge in [-0.05, 0) is 26.3 Å². The van der Waals surface area contributed by atoms with Gasteiger partial charge in [-0.25, -0.2) is 9.97 Å². The Hall–Kier alpha value is -1.40. The van der Waals surface area contributed by atoms with E-state index in [1.807, 2.05) is 13.0 Å². The molecule has 0 radical (unpaired) electrons. The van der Waals surface area contributed by atoms with Gasteiger partial charge in [-0.2, -0.15) is 0 Å². The van der Waals surface area contributed by atoms with Crippen LogP contribution in [0.1, 0.15) is 26.7 Å². The fourth-order valence-electron chi connectivity index (χ4n) is 2.88. The lowest BCUT2D eigenvalue weighted by atomic mass is 10.1. The predicted molar refractivity (Wildman–Crippen MR) is 84.7 cm³/mol. The molecule has 2 heterocycles. The Labute approximate surface area is 127 Å². The Bertz CT molecular complexity index is 420. The van der Waals surface area contributed by atoms with Crippen molar-refractivity contribution < 1.29 is 4.74 Å². The topological polar surface area (TPSA) is 67.5 Å². The SMILES string of the molecule is CCOc1cc(N2CCN(C(CC)CCN)CC2)ncn1. The van der Waals surface area contributed by atoms with Crippen molar-refractivity contribution in [3.63, 3.8) is 0 Å². The second-order valence-corrected chi connectivity index (χ2v) is 5.31. The molecule has 0 aliphatic carbocycles. The predicted octanol–water partition coefficient (Wildman–Crippen LogP) is 1.12. The molecule has 118 valence electrons. The molecule has 1 unspecified atom stereocenters. The highest BCUT2D eigenvalue weighted by molar-refractivity contribution is 5.41. The van der Waals surface area contributed by atoms with Crippen LogP contribution in [-0.2, 0) is 0 Å². The lowest BCUT2D eigenvalue weighted by molar-refractivity contribution is 0.173. The second kappa shape index (κ2) is 8.14. The number of hydrogen-bond acceptors (Lipinski definition) is 6. The average molecular weight is 293 g/mol. The average Bonchev–Trinajstić information content (AvgIpc) is 2.53. The van der Waals surface area contributed by atoms with Gasteiger partial charge < -0.3 is 15.4 Å². The zero-order valence-electron chi connectivity index (χ0n) is 13.2. The Balaban J connectivity index is 1.92. The molecule has 1 saturated heterocycles. The maximum absolute atomic E-state index is 5.71. The van der Waals surface area contributed by atoms with E-state index in [2.05, 4.69) is 26.7 Å². The maximum Gasteiger partial charge on any atom is 0.218 e. The number of ether oxygens (including phenoxy) is 1. The standard InChI is InChI=1S/C15H27N5O/c1-3-13(5-6-16)19-7-9-20(10-8-19)14-11-15(21-4-2)18-12-17-14/h11-13H,3-10,16H2,1-2H3. The molecule has 0 amide bonds. The number of aromatic nitrogens is 2. The third-order valence-corrected chi connectivity index (χ3v) is 4.05. The minimum Gasteiger partial charge on any atom is -0.478 e. The summed E-state index contributed by atoms with van der Waals surface area (Å²) in [6, 6.07) is 2.54. The van der Waals surface area contributed by atoms with Crippen molar-refractivity contribution in [3.8, 4) is 5.88 Å². The number of anilines is 1. The van der Waals surface area contributed by atoms with E-state index in [-0.39, 0.29) is 0 Å². The van der Waals surface area contributed by atoms with Crippen LogP contribution in [0.15, 0.2) is 12.4 Å². The van der Waals surface area contributed by atoms with Gasteiger partial charge >= 0.3 is 0 Å². The summed E-state index contributed by atoms with van der Waals surface area (Å²) >= 11 is 0. The highest BCUT2D eigenvalue weighted by Gasteiger charge is 2.23. The van der Waals surface area contributed by atoms with Gasteiger partial charge in [-0.1, -0.05) is 6.92 Å². The zero-order chi connectivity index (χ0) is 15.1. The van der Waals surface area contributed by atoms with Gasteiger partial charge in [-0.15, -0.1) is 0 Å². The molecular weight excluding hydrogens is 266 g/mol. The van der Waals surface area contributed by atoms with Crippen LogP contribution in [-0.4, -0.2) is 60.2 Å². The van der Waals surface area contributed by atoms with Crippen molar-refractivity contribution in [2.75, 3.05) is 44.2 Å². The van der Waals surface area contributed by atoms with E-state index < -0.39 is 0 Å². The molecule has 2 N–H and O–H groups in total. The molecule has 6 nitrogen and oxygen atoms in total. The summed E-state index contributed by atoms with van der Waals surface area (Å²) in [6.07, 6.45) is 3.83. The van der Waals surface area contributed by atoms with Crippen molar-refractivity contribution in [3.05, 3.63) is 12.4 Å². The fourth-order valence-corrected chi connectivity index (χ4v) is 2.88. The molecule has 1 fully saturated rings. The summed E-state index contributed by atoms with van der Waals surface area (Å²) in [5, 5.41) is 0. The van der Waals surface area contributed by atoms with Crippen LogP contribution >= 0.6 is 0 Å². The molecule has 0 saturated carbocycles. The molecule has 0 bridgehead atoms. The molecule has 0 aromatic carbocycles. The highest BCUT2D eigenvalue weighted by Crippen LogP contribution is 2.19. The van der Waals surface area contributed by atoms with Crippen LogP contribution in [0.25, 0.3) is 0 Å². The van der Waals surface area contributed by atoms with Crippen LogP contribution in [0.5, 0.6) is 5.88 Å². The van der Waals surface area contributed by atoms with Gasteiger partial charge in [0, 0.05) is 38.3 Å². The molecule has 2 rings (SSSR count). The van der Waals surface area contributed by atoms with Crippen LogP contribution in [0.4, 0.5) is 5.82 Å². The van der Waals surface area contributed by atoms with Crippen molar-refractivity contribution in [2.45, 2.75) is 32.7 Å². The monoisotopic (exact) mass is 293 g/mol. The largest absolute Gasteiger partial charge is 0.478 e. The van der Waals surface area contributed by atoms with E-state index in [9.17, 15) is 0 Å². The molecule has 1 atom stereocenters. The second-order valence-electron chi connectivity index (χ2n) is 5.31. The first-order valence-electron chi connectivity index (χ1n) is 7.92. The van der Waals surface area contributed by atoms with Crippen LogP contribution in [0.2, 0.25) is 0 Å². The van der Waals surface area contributed by atoms with Gasteiger partial charge in [0.25, 0.3) is 0 Å². The van der Waals surface area contributed by atoms with Crippen LogP contribution in [0, 0.1) is 0 Å². The van der Waals surface area contributed by atoms with Gasteiger partial charge in [0.15, 0.2) is 0 Å². The summed E-state index contributed by atoms with van der Waals surface area (Å²) in [5.41, 5.74) is 5.71. The summed E-state index contributed by atoms with van der Waals surface area (Å²) in [6.45, 7) is 9.70. The zero-order valence-corrected chi connectivity index (χ0v) is 13.2. The third-order valence-electron chi connectivity index (χ3n) is 4.05. The Morgan fingerprint density at radius 3 is 2.62 bits per heavy atom. The fraction of sp³-hybridized carbons (Fsp3) is 0.733. The molecule has 1 aromatic rings. The minimum absolute atomic E-state index is 0.613. The molecule has 1 aliphatic heterocycles. The first kappa shape index (κ1) is 16.0. The Kier molecular flexibility index (Phi) is 6.20. The highest BCUT2D eigenvalue weighted by atomic mass is 16.5. The Morgan fingerprint density at radius 1 is 1.24 bits per heavy atom. The minimum atomic E-state index is 0.613. The molecule has 6 heteroatoms. The molecule has 1 aromatic heterocycles. The lowest BCUT2D eigenvalue weighted by Crippen LogP contribution is -2.50. The summed E-state index contributed by atoms with van der Waals surface area (Å²) in [4.78, 5) is 13.3. The molecule has 1 aliphatic rings. The molecule has 21 heavy (non-hydrogen) atoms.